The lowest BCUT2D eigenvalue weighted by atomic mass is 9.93. The van der Waals surface area contributed by atoms with Crippen molar-refractivity contribution in [1.29, 1.82) is 0 Å². The van der Waals surface area contributed by atoms with Gasteiger partial charge in [0.05, 0.1) is 0 Å². The fourth-order valence-electron chi connectivity index (χ4n) is 1.90. The number of benzene rings is 2. The Hall–Kier alpha value is -1.99. The summed E-state index contributed by atoms with van der Waals surface area (Å²) in [7, 11) is 0. The Labute approximate surface area is 138 Å². The standard InChI is InChI=1S/C17H12Cl2O3/c18-13-6-1-11(2-7-13)3-10-15(20)16(17(21)22)12-4-8-14(19)9-5-12/h1-2,4-9,15-16,20H,(H,21,22)/t15-,16-/m1/s1. The van der Waals surface area contributed by atoms with Crippen molar-refractivity contribution < 1.29 is 15.0 Å². The molecule has 0 aliphatic carbocycles. The second-order valence-corrected chi connectivity index (χ2v) is 5.46. The summed E-state index contributed by atoms with van der Waals surface area (Å²) in [5, 5.41) is 20.5. The quantitative estimate of drug-likeness (QED) is 0.843. The summed E-state index contributed by atoms with van der Waals surface area (Å²) in [6.45, 7) is 0. The van der Waals surface area contributed by atoms with Crippen LogP contribution in [0.2, 0.25) is 10.0 Å². The Morgan fingerprint density at radius 2 is 1.45 bits per heavy atom. The number of hydrogen-bond acceptors (Lipinski definition) is 2. The maximum absolute atomic E-state index is 11.4. The monoisotopic (exact) mass is 334 g/mol. The van der Waals surface area contributed by atoms with E-state index in [4.69, 9.17) is 23.2 Å². The van der Waals surface area contributed by atoms with Crippen molar-refractivity contribution in [2.75, 3.05) is 0 Å². The first-order valence-electron chi connectivity index (χ1n) is 6.41. The summed E-state index contributed by atoms with van der Waals surface area (Å²) in [5.74, 6) is 3.01. The number of aliphatic hydroxyl groups is 1. The molecule has 0 aliphatic heterocycles. The van der Waals surface area contributed by atoms with Crippen LogP contribution in [0.5, 0.6) is 0 Å². The van der Waals surface area contributed by atoms with Crippen molar-refractivity contribution in [3.63, 3.8) is 0 Å². The van der Waals surface area contributed by atoms with Gasteiger partial charge in [0.15, 0.2) is 0 Å². The van der Waals surface area contributed by atoms with Crippen molar-refractivity contribution in [3.8, 4) is 11.8 Å². The van der Waals surface area contributed by atoms with E-state index in [0.29, 0.717) is 21.2 Å². The average molecular weight is 335 g/mol. The Bertz CT molecular complexity index is 712. The molecule has 2 atom stereocenters. The fraction of sp³-hybridized carbons (Fsp3) is 0.118. The Balaban J connectivity index is 2.24. The van der Waals surface area contributed by atoms with Crippen LogP contribution in [0, 0.1) is 11.8 Å². The molecule has 2 rings (SSSR count). The van der Waals surface area contributed by atoms with Gasteiger partial charge in [-0.3, -0.25) is 4.79 Å². The van der Waals surface area contributed by atoms with Gasteiger partial charge in [0.2, 0.25) is 0 Å². The maximum Gasteiger partial charge on any atom is 0.314 e. The molecule has 3 nitrogen and oxygen atoms in total. The smallest absolute Gasteiger partial charge is 0.314 e. The van der Waals surface area contributed by atoms with Crippen LogP contribution in [0.25, 0.3) is 0 Å². The first kappa shape index (κ1) is 16.4. The summed E-state index contributed by atoms with van der Waals surface area (Å²) in [5.41, 5.74) is 1.08. The van der Waals surface area contributed by atoms with Gasteiger partial charge < -0.3 is 10.2 Å². The molecule has 0 heterocycles. The van der Waals surface area contributed by atoms with Crippen molar-refractivity contribution >= 4 is 29.2 Å². The topological polar surface area (TPSA) is 57.5 Å². The molecular formula is C17H12Cl2O3. The average Bonchev–Trinajstić information content (AvgIpc) is 2.48. The van der Waals surface area contributed by atoms with E-state index in [-0.39, 0.29) is 0 Å². The minimum absolute atomic E-state index is 0.440. The lowest BCUT2D eigenvalue weighted by Crippen LogP contribution is -2.24. The third-order valence-corrected chi connectivity index (χ3v) is 3.52. The summed E-state index contributed by atoms with van der Waals surface area (Å²) in [4.78, 5) is 11.4. The Kier molecular flexibility index (Phi) is 5.46. The van der Waals surface area contributed by atoms with E-state index in [1.54, 1.807) is 48.5 Å². The highest BCUT2D eigenvalue weighted by Crippen LogP contribution is 2.22. The zero-order valence-corrected chi connectivity index (χ0v) is 12.8. The lowest BCUT2D eigenvalue weighted by Gasteiger charge is -2.15. The van der Waals surface area contributed by atoms with Crippen molar-refractivity contribution in [2.24, 2.45) is 0 Å². The zero-order chi connectivity index (χ0) is 16.1. The van der Waals surface area contributed by atoms with Crippen LogP contribution in [0.15, 0.2) is 48.5 Å². The normalized spacial score (nSPS) is 12.9. The summed E-state index contributed by atoms with van der Waals surface area (Å²) in [6.07, 6.45) is -1.34. The van der Waals surface area contributed by atoms with Gasteiger partial charge in [-0.05, 0) is 42.0 Å². The molecule has 2 aromatic carbocycles. The van der Waals surface area contributed by atoms with Crippen LogP contribution in [-0.2, 0) is 4.79 Å². The predicted octanol–water partition coefficient (Wildman–Crippen LogP) is 3.57. The molecule has 0 saturated heterocycles. The number of carboxylic acids is 1. The summed E-state index contributed by atoms with van der Waals surface area (Å²) >= 11 is 11.6. The molecule has 0 spiro atoms. The molecule has 0 aromatic heterocycles. The van der Waals surface area contributed by atoms with Gasteiger partial charge in [-0.15, -0.1) is 0 Å². The van der Waals surface area contributed by atoms with Gasteiger partial charge in [-0.25, -0.2) is 0 Å². The van der Waals surface area contributed by atoms with Gasteiger partial charge in [-0.2, -0.15) is 0 Å². The van der Waals surface area contributed by atoms with E-state index >= 15 is 0 Å². The summed E-state index contributed by atoms with van der Waals surface area (Å²) in [6, 6.07) is 13.0. The van der Waals surface area contributed by atoms with Gasteiger partial charge in [0.1, 0.15) is 12.0 Å². The number of halogens is 2. The van der Waals surface area contributed by atoms with Crippen molar-refractivity contribution in [3.05, 3.63) is 69.7 Å². The minimum Gasteiger partial charge on any atom is -0.481 e. The van der Waals surface area contributed by atoms with Crippen LogP contribution in [-0.4, -0.2) is 22.3 Å². The molecule has 0 saturated carbocycles. The number of carbonyl (C=O) groups is 1. The molecule has 2 N–H and O–H groups in total. The molecule has 0 aliphatic rings. The largest absolute Gasteiger partial charge is 0.481 e. The fourth-order valence-corrected chi connectivity index (χ4v) is 2.16. The second-order valence-electron chi connectivity index (χ2n) is 4.59. The highest BCUT2D eigenvalue weighted by Gasteiger charge is 2.27. The van der Waals surface area contributed by atoms with Crippen LogP contribution in [0.3, 0.4) is 0 Å². The zero-order valence-electron chi connectivity index (χ0n) is 11.3. The predicted molar refractivity (Wildman–Crippen MR) is 86.2 cm³/mol. The van der Waals surface area contributed by atoms with E-state index in [1.807, 2.05) is 0 Å². The van der Waals surface area contributed by atoms with Crippen LogP contribution >= 0.6 is 23.2 Å². The second kappa shape index (κ2) is 7.33. The molecule has 5 heteroatoms. The van der Waals surface area contributed by atoms with Crippen LogP contribution < -0.4 is 0 Å². The molecular weight excluding hydrogens is 323 g/mol. The van der Waals surface area contributed by atoms with E-state index < -0.39 is 18.0 Å². The van der Waals surface area contributed by atoms with Gasteiger partial charge in [-0.1, -0.05) is 47.2 Å². The maximum atomic E-state index is 11.4. The van der Waals surface area contributed by atoms with E-state index in [9.17, 15) is 15.0 Å². The molecule has 0 amide bonds. The number of aliphatic hydroxyl groups excluding tert-OH is 1. The van der Waals surface area contributed by atoms with Crippen LogP contribution in [0.1, 0.15) is 17.0 Å². The third kappa shape index (κ3) is 4.25. The van der Waals surface area contributed by atoms with Gasteiger partial charge >= 0.3 is 5.97 Å². The molecule has 0 fully saturated rings. The van der Waals surface area contributed by atoms with Gasteiger partial charge in [0.25, 0.3) is 0 Å². The first-order chi connectivity index (χ1) is 10.5. The highest BCUT2D eigenvalue weighted by atomic mass is 35.5. The van der Waals surface area contributed by atoms with E-state index in [1.165, 1.54) is 0 Å². The number of hydrogen-bond donors (Lipinski definition) is 2. The number of carboxylic acid groups (broad SMARTS) is 1. The van der Waals surface area contributed by atoms with Crippen molar-refractivity contribution in [1.82, 2.24) is 0 Å². The first-order valence-corrected chi connectivity index (χ1v) is 7.16. The van der Waals surface area contributed by atoms with Crippen LogP contribution in [0.4, 0.5) is 0 Å². The minimum atomic E-state index is -1.34. The van der Waals surface area contributed by atoms with Gasteiger partial charge in [0, 0.05) is 15.6 Å². The van der Waals surface area contributed by atoms with E-state index in [0.717, 1.165) is 0 Å². The SMILES string of the molecule is O=C(O)[C@H](c1ccc(Cl)cc1)[C@H](O)C#Cc1ccc(Cl)cc1. The molecule has 22 heavy (non-hydrogen) atoms. The number of aliphatic carboxylic acids is 1. The molecule has 112 valence electrons. The third-order valence-electron chi connectivity index (χ3n) is 3.02. The Morgan fingerprint density at radius 1 is 0.955 bits per heavy atom. The molecule has 0 radical (unpaired) electrons. The van der Waals surface area contributed by atoms with E-state index in [2.05, 4.69) is 11.8 Å². The Morgan fingerprint density at radius 3 is 1.95 bits per heavy atom. The molecule has 0 bridgehead atoms. The number of rotatable bonds is 3. The molecule has 2 aromatic rings. The molecule has 0 unspecified atom stereocenters. The summed E-state index contributed by atoms with van der Waals surface area (Å²) < 4.78 is 0. The van der Waals surface area contributed by atoms with Crippen molar-refractivity contribution in [2.45, 2.75) is 12.0 Å². The lowest BCUT2D eigenvalue weighted by molar-refractivity contribution is -0.140. The highest BCUT2D eigenvalue weighted by molar-refractivity contribution is 6.30.